The van der Waals surface area contributed by atoms with Gasteiger partial charge in [-0.3, -0.25) is 0 Å². The molecule has 0 radical (unpaired) electrons. The van der Waals surface area contributed by atoms with Gasteiger partial charge in [-0.15, -0.1) is 0 Å². The third kappa shape index (κ3) is 3.93. The number of benzene rings is 1. The highest BCUT2D eigenvalue weighted by Gasteiger charge is 2.35. The average Bonchev–Trinajstić information content (AvgIpc) is 2.56. The first kappa shape index (κ1) is 16.7. The summed E-state index contributed by atoms with van der Waals surface area (Å²) < 4.78 is 11.0. The Balaban J connectivity index is 2.04. The molecule has 0 spiro atoms. The summed E-state index contributed by atoms with van der Waals surface area (Å²) in [5.41, 5.74) is 0.296. The van der Waals surface area contributed by atoms with Crippen molar-refractivity contribution in [3.8, 4) is 5.75 Å². The molecule has 1 atom stereocenters. The summed E-state index contributed by atoms with van der Waals surface area (Å²) in [4.78, 5) is 14.5. The van der Waals surface area contributed by atoms with E-state index in [0.717, 1.165) is 13.1 Å². The van der Waals surface area contributed by atoms with Crippen LogP contribution in [0.2, 0.25) is 0 Å². The number of piperidine rings is 1. The van der Waals surface area contributed by atoms with Crippen LogP contribution in [0.3, 0.4) is 0 Å². The molecule has 4 nitrogen and oxygen atoms in total. The molecule has 1 aromatic rings. The normalized spacial score (nSPS) is 17.7. The first-order valence-corrected chi connectivity index (χ1v) is 8.30. The summed E-state index contributed by atoms with van der Waals surface area (Å²) in [5.74, 6) is 0.399. The smallest absolute Gasteiger partial charge is 0.350 e. The minimum Gasteiger partial charge on any atom is -0.476 e. The monoisotopic (exact) mass is 305 g/mol. The predicted octanol–water partition coefficient (Wildman–Crippen LogP) is 3.79. The van der Waals surface area contributed by atoms with Crippen molar-refractivity contribution < 1.29 is 14.3 Å². The lowest BCUT2D eigenvalue weighted by atomic mass is 10.0. The standard InChI is InChI=1S/C18H27NO3/c1-4-18(3,17(20)21-5-2)22-16-11-9-15(10-12-16)19-13-7-6-8-14-19/h9-12H,4-8,13-14H2,1-3H3. The Labute approximate surface area is 133 Å². The molecule has 2 rings (SSSR count). The molecule has 122 valence electrons. The average molecular weight is 305 g/mol. The van der Waals surface area contributed by atoms with E-state index >= 15 is 0 Å². The molecular weight excluding hydrogens is 278 g/mol. The Hall–Kier alpha value is -1.71. The number of nitrogens with zero attached hydrogens (tertiary/aromatic N) is 1. The molecule has 1 aromatic carbocycles. The molecule has 1 saturated heterocycles. The van der Waals surface area contributed by atoms with Gasteiger partial charge in [-0.2, -0.15) is 0 Å². The van der Waals surface area contributed by atoms with Gasteiger partial charge in [0.2, 0.25) is 5.60 Å². The van der Waals surface area contributed by atoms with Crippen molar-refractivity contribution in [2.45, 2.75) is 52.1 Å². The first-order valence-electron chi connectivity index (χ1n) is 8.30. The van der Waals surface area contributed by atoms with Crippen molar-refractivity contribution in [3.63, 3.8) is 0 Å². The van der Waals surface area contributed by atoms with Crippen LogP contribution in [-0.4, -0.2) is 31.3 Å². The van der Waals surface area contributed by atoms with E-state index in [1.54, 1.807) is 13.8 Å². The summed E-state index contributed by atoms with van der Waals surface area (Å²) in [5, 5.41) is 0. The summed E-state index contributed by atoms with van der Waals surface area (Å²) in [6, 6.07) is 8.03. The molecule has 0 aliphatic carbocycles. The van der Waals surface area contributed by atoms with Crippen molar-refractivity contribution in [3.05, 3.63) is 24.3 Å². The fourth-order valence-corrected chi connectivity index (χ4v) is 2.68. The maximum absolute atomic E-state index is 12.1. The van der Waals surface area contributed by atoms with Crippen molar-refractivity contribution in [2.24, 2.45) is 0 Å². The van der Waals surface area contributed by atoms with E-state index in [-0.39, 0.29) is 5.97 Å². The largest absolute Gasteiger partial charge is 0.476 e. The van der Waals surface area contributed by atoms with E-state index in [1.807, 2.05) is 19.1 Å². The van der Waals surface area contributed by atoms with Crippen molar-refractivity contribution >= 4 is 11.7 Å². The third-order valence-corrected chi connectivity index (χ3v) is 4.28. The van der Waals surface area contributed by atoms with Crippen LogP contribution in [0.1, 0.15) is 46.5 Å². The zero-order valence-electron chi connectivity index (χ0n) is 13.9. The minimum absolute atomic E-state index is 0.308. The number of carbonyl (C=O) groups is 1. The molecule has 4 heteroatoms. The Kier molecular flexibility index (Phi) is 5.69. The van der Waals surface area contributed by atoms with Crippen LogP contribution in [0.5, 0.6) is 5.75 Å². The molecule has 1 aliphatic heterocycles. The Morgan fingerprint density at radius 1 is 1.14 bits per heavy atom. The molecule has 22 heavy (non-hydrogen) atoms. The number of rotatable bonds is 6. The zero-order valence-corrected chi connectivity index (χ0v) is 13.9. The number of carbonyl (C=O) groups excluding carboxylic acids is 1. The number of esters is 1. The molecule has 0 N–H and O–H groups in total. The molecule has 1 unspecified atom stereocenters. The molecule has 0 amide bonds. The van der Waals surface area contributed by atoms with Gasteiger partial charge in [0.15, 0.2) is 0 Å². The van der Waals surface area contributed by atoms with E-state index in [0.29, 0.717) is 18.8 Å². The van der Waals surface area contributed by atoms with E-state index in [4.69, 9.17) is 9.47 Å². The molecule has 1 aliphatic rings. The lowest BCUT2D eigenvalue weighted by Crippen LogP contribution is -2.42. The van der Waals surface area contributed by atoms with Gasteiger partial charge in [0.05, 0.1) is 6.61 Å². The van der Waals surface area contributed by atoms with Crippen LogP contribution in [0.25, 0.3) is 0 Å². The molecule has 0 bridgehead atoms. The zero-order chi connectivity index (χ0) is 16.0. The lowest BCUT2D eigenvalue weighted by Gasteiger charge is -2.30. The summed E-state index contributed by atoms with van der Waals surface area (Å²) in [7, 11) is 0. The maximum Gasteiger partial charge on any atom is 0.350 e. The van der Waals surface area contributed by atoms with E-state index in [2.05, 4.69) is 17.0 Å². The molecule has 1 fully saturated rings. The third-order valence-electron chi connectivity index (χ3n) is 4.28. The molecule has 0 saturated carbocycles. The van der Waals surface area contributed by atoms with Crippen LogP contribution in [0.15, 0.2) is 24.3 Å². The van der Waals surface area contributed by atoms with E-state index in [1.165, 1.54) is 24.9 Å². The molecule has 0 aromatic heterocycles. The SMILES string of the molecule is CCOC(=O)C(C)(CC)Oc1ccc(N2CCCCC2)cc1. The van der Waals surface area contributed by atoms with Gasteiger partial charge < -0.3 is 14.4 Å². The van der Waals surface area contributed by atoms with Gasteiger partial charge in [-0.05, 0) is 63.8 Å². The lowest BCUT2D eigenvalue weighted by molar-refractivity contribution is -0.160. The number of ether oxygens (including phenoxy) is 2. The van der Waals surface area contributed by atoms with Crippen LogP contribution < -0.4 is 9.64 Å². The second kappa shape index (κ2) is 7.52. The second-order valence-electron chi connectivity index (χ2n) is 5.95. The summed E-state index contributed by atoms with van der Waals surface area (Å²) in [6.07, 6.45) is 4.41. The minimum atomic E-state index is -0.928. The quantitative estimate of drug-likeness (QED) is 0.750. The Morgan fingerprint density at radius 2 is 1.77 bits per heavy atom. The molecule has 1 heterocycles. The van der Waals surface area contributed by atoms with Crippen molar-refractivity contribution in [1.82, 2.24) is 0 Å². The first-order chi connectivity index (χ1) is 10.6. The van der Waals surface area contributed by atoms with Crippen LogP contribution in [-0.2, 0) is 9.53 Å². The van der Waals surface area contributed by atoms with Gasteiger partial charge in [0.1, 0.15) is 5.75 Å². The van der Waals surface area contributed by atoms with E-state index in [9.17, 15) is 4.79 Å². The molecular formula is C18H27NO3. The highest BCUT2D eigenvalue weighted by Crippen LogP contribution is 2.26. The van der Waals surface area contributed by atoms with Crippen LogP contribution >= 0.6 is 0 Å². The van der Waals surface area contributed by atoms with Gasteiger partial charge >= 0.3 is 5.97 Å². The van der Waals surface area contributed by atoms with Gasteiger partial charge in [0.25, 0.3) is 0 Å². The highest BCUT2D eigenvalue weighted by molar-refractivity contribution is 5.79. The Bertz CT molecular complexity index is 480. The topological polar surface area (TPSA) is 38.8 Å². The van der Waals surface area contributed by atoms with Gasteiger partial charge in [0, 0.05) is 18.8 Å². The number of hydrogen-bond acceptors (Lipinski definition) is 4. The van der Waals surface area contributed by atoms with Crippen molar-refractivity contribution in [2.75, 3.05) is 24.6 Å². The van der Waals surface area contributed by atoms with Gasteiger partial charge in [-0.1, -0.05) is 6.92 Å². The van der Waals surface area contributed by atoms with Crippen molar-refractivity contribution in [1.29, 1.82) is 0 Å². The fourth-order valence-electron chi connectivity index (χ4n) is 2.68. The second-order valence-corrected chi connectivity index (χ2v) is 5.95. The summed E-state index contributed by atoms with van der Waals surface area (Å²) in [6.45, 7) is 8.13. The number of hydrogen-bond donors (Lipinski definition) is 0. The van der Waals surface area contributed by atoms with Crippen LogP contribution in [0, 0.1) is 0 Å². The van der Waals surface area contributed by atoms with Gasteiger partial charge in [-0.25, -0.2) is 4.79 Å². The predicted molar refractivity (Wildman–Crippen MR) is 88.5 cm³/mol. The summed E-state index contributed by atoms with van der Waals surface area (Å²) >= 11 is 0. The number of anilines is 1. The highest BCUT2D eigenvalue weighted by atomic mass is 16.6. The maximum atomic E-state index is 12.1. The van der Waals surface area contributed by atoms with E-state index < -0.39 is 5.60 Å². The van der Waals surface area contributed by atoms with Crippen LogP contribution in [0.4, 0.5) is 5.69 Å². The Morgan fingerprint density at radius 3 is 2.32 bits per heavy atom. The fraction of sp³-hybridized carbons (Fsp3) is 0.611.